The molecule has 2 aromatic heterocycles. The van der Waals surface area contributed by atoms with E-state index in [2.05, 4.69) is 16.0 Å². The number of benzene rings is 2. The summed E-state index contributed by atoms with van der Waals surface area (Å²) in [4.78, 5) is 22.7. The van der Waals surface area contributed by atoms with E-state index in [9.17, 15) is 4.79 Å². The number of morpholine rings is 1. The number of hydrogen-bond donors (Lipinski definition) is 1. The second-order valence-corrected chi connectivity index (χ2v) is 7.85. The minimum atomic E-state index is 0.0234. The lowest BCUT2D eigenvalue weighted by Crippen LogP contribution is -2.40. The van der Waals surface area contributed by atoms with Gasteiger partial charge in [-0.15, -0.1) is 0 Å². The average Bonchev–Trinajstić information content (AvgIpc) is 3.31. The number of nitrogens with one attached hydrogen (secondary N) is 1. The smallest absolute Gasteiger partial charge is 0.254 e. The van der Waals surface area contributed by atoms with Crippen LogP contribution in [-0.2, 0) is 4.74 Å². The largest absolute Gasteiger partial charge is 0.496 e. The van der Waals surface area contributed by atoms with E-state index >= 15 is 0 Å². The van der Waals surface area contributed by atoms with Crippen LogP contribution in [0.25, 0.3) is 33.3 Å². The molecule has 0 aliphatic carbocycles. The van der Waals surface area contributed by atoms with Crippen molar-refractivity contribution in [2.45, 2.75) is 0 Å². The highest BCUT2D eigenvalue weighted by molar-refractivity contribution is 5.99. The number of methoxy groups -OCH3 is 2. The molecule has 7 nitrogen and oxygen atoms in total. The van der Waals surface area contributed by atoms with E-state index in [1.807, 2.05) is 59.8 Å². The molecule has 2 aromatic carbocycles. The van der Waals surface area contributed by atoms with Crippen LogP contribution in [0.3, 0.4) is 0 Å². The molecule has 168 valence electrons. The topological polar surface area (TPSA) is 76.7 Å². The van der Waals surface area contributed by atoms with Crippen LogP contribution in [0, 0.1) is 0 Å². The van der Waals surface area contributed by atoms with Crippen LogP contribution in [-0.4, -0.2) is 61.3 Å². The zero-order chi connectivity index (χ0) is 22.8. The fourth-order valence-electron chi connectivity index (χ4n) is 4.27. The summed E-state index contributed by atoms with van der Waals surface area (Å²) in [6.07, 6.45) is 3.74. The molecule has 4 aromatic rings. The SMILES string of the molecule is COc1cccc(OC)c1-c1c[nH]c2ncc(-c3cccc(C(=O)N4CCOCC4)c3)cc12. The highest BCUT2D eigenvalue weighted by atomic mass is 16.5. The molecule has 1 aliphatic rings. The quantitative estimate of drug-likeness (QED) is 0.495. The lowest BCUT2D eigenvalue weighted by Gasteiger charge is -2.27. The standard InChI is InChI=1S/C26H25N3O4/c1-31-22-7-4-8-23(32-2)24(22)21-16-28-25-20(21)14-19(15-27-25)17-5-3-6-18(13-17)26(30)29-9-11-33-12-10-29/h3-8,13-16H,9-12H2,1-2H3,(H,27,28). The Balaban J connectivity index is 1.56. The summed E-state index contributed by atoms with van der Waals surface area (Å²) in [7, 11) is 3.29. The van der Waals surface area contributed by atoms with Gasteiger partial charge >= 0.3 is 0 Å². The molecule has 7 heteroatoms. The first kappa shape index (κ1) is 21.0. The summed E-state index contributed by atoms with van der Waals surface area (Å²) in [5.41, 5.74) is 5.09. The summed E-state index contributed by atoms with van der Waals surface area (Å²) < 4.78 is 16.6. The van der Waals surface area contributed by atoms with Gasteiger partial charge in [0.25, 0.3) is 5.91 Å². The number of pyridine rings is 1. The van der Waals surface area contributed by atoms with E-state index in [0.29, 0.717) is 31.9 Å². The summed E-state index contributed by atoms with van der Waals surface area (Å²) in [5, 5.41) is 0.945. The fraction of sp³-hybridized carbons (Fsp3) is 0.231. The van der Waals surface area contributed by atoms with Gasteiger partial charge in [-0.2, -0.15) is 0 Å². The van der Waals surface area contributed by atoms with Crippen molar-refractivity contribution in [3.8, 4) is 33.8 Å². The molecule has 0 bridgehead atoms. The Morgan fingerprint density at radius 2 is 1.73 bits per heavy atom. The molecule has 0 spiro atoms. The third-order valence-corrected chi connectivity index (χ3v) is 5.97. The van der Waals surface area contributed by atoms with Crippen molar-refractivity contribution < 1.29 is 19.0 Å². The number of amides is 1. The molecule has 33 heavy (non-hydrogen) atoms. The fourth-order valence-corrected chi connectivity index (χ4v) is 4.27. The maximum absolute atomic E-state index is 13.0. The van der Waals surface area contributed by atoms with Gasteiger partial charge in [0.15, 0.2) is 0 Å². The number of aromatic amines is 1. The summed E-state index contributed by atoms with van der Waals surface area (Å²) in [5.74, 6) is 1.47. The number of nitrogens with zero attached hydrogens (tertiary/aromatic N) is 2. The molecule has 1 aliphatic heterocycles. The molecule has 0 unspecified atom stereocenters. The molecule has 0 atom stereocenters. The second kappa shape index (κ2) is 8.96. The Morgan fingerprint density at radius 3 is 2.45 bits per heavy atom. The first-order chi connectivity index (χ1) is 16.2. The van der Waals surface area contributed by atoms with E-state index in [0.717, 1.165) is 44.8 Å². The molecular formula is C26H25N3O4. The maximum Gasteiger partial charge on any atom is 0.254 e. The van der Waals surface area contributed by atoms with Gasteiger partial charge in [-0.1, -0.05) is 18.2 Å². The Morgan fingerprint density at radius 1 is 1.00 bits per heavy atom. The number of H-pyrrole nitrogens is 1. The molecule has 1 saturated heterocycles. The number of rotatable bonds is 5. The molecule has 1 N–H and O–H groups in total. The monoisotopic (exact) mass is 443 g/mol. The predicted molar refractivity (Wildman–Crippen MR) is 127 cm³/mol. The van der Waals surface area contributed by atoms with Gasteiger partial charge in [0.05, 0.1) is 33.0 Å². The molecular weight excluding hydrogens is 418 g/mol. The van der Waals surface area contributed by atoms with Gasteiger partial charge in [-0.3, -0.25) is 4.79 Å². The molecule has 3 heterocycles. The van der Waals surface area contributed by atoms with Crippen molar-refractivity contribution in [3.63, 3.8) is 0 Å². The summed E-state index contributed by atoms with van der Waals surface area (Å²) in [6.45, 7) is 2.39. The van der Waals surface area contributed by atoms with Crippen molar-refractivity contribution in [1.82, 2.24) is 14.9 Å². The molecule has 1 fully saturated rings. The van der Waals surface area contributed by atoms with Gasteiger partial charge in [-0.05, 0) is 35.9 Å². The Bertz CT molecular complexity index is 1290. The van der Waals surface area contributed by atoms with Crippen LogP contribution in [0.1, 0.15) is 10.4 Å². The Hall–Kier alpha value is -3.84. The number of hydrogen-bond acceptors (Lipinski definition) is 5. The van der Waals surface area contributed by atoms with Crippen LogP contribution in [0.4, 0.5) is 0 Å². The number of fused-ring (bicyclic) bond motifs is 1. The second-order valence-electron chi connectivity index (χ2n) is 7.85. The van der Waals surface area contributed by atoms with Gasteiger partial charge < -0.3 is 24.1 Å². The van der Waals surface area contributed by atoms with Crippen LogP contribution in [0.15, 0.2) is 60.9 Å². The van der Waals surface area contributed by atoms with Gasteiger partial charge in [0.2, 0.25) is 0 Å². The lowest BCUT2D eigenvalue weighted by molar-refractivity contribution is 0.0303. The third kappa shape index (κ3) is 3.91. The van der Waals surface area contributed by atoms with Crippen molar-refractivity contribution in [2.24, 2.45) is 0 Å². The van der Waals surface area contributed by atoms with Crippen molar-refractivity contribution in [3.05, 3.63) is 66.5 Å². The minimum Gasteiger partial charge on any atom is -0.496 e. The summed E-state index contributed by atoms with van der Waals surface area (Å²) >= 11 is 0. The average molecular weight is 444 g/mol. The van der Waals surface area contributed by atoms with Crippen molar-refractivity contribution in [2.75, 3.05) is 40.5 Å². The molecule has 1 amide bonds. The van der Waals surface area contributed by atoms with Crippen LogP contribution in [0.5, 0.6) is 11.5 Å². The number of aromatic nitrogens is 2. The predicted octanol–water partition coefficient (Wildman–Crippen LogP) is 4.39. The van der Waals surface area contributed by atoms with Crippen molar-refractivity contribution in [1.29, 1.82) is 0 Å². The van der Waals surface area contributed by atoms with Crippen LogP contribution >= 0.6 is 0 Å². The van der Waals surface area contributed by atoms with Gasteiger partial charge in [0.1, 0.15) is 17.1 Å². The lowest BCUT2D eigenvalue weighted by atomic mass is 9.99. The van der Waals surface area contributed by atoms with E-state index in [-0.39, 0.29) is 5.91 Å². The molecule has 0 radical (unpaired) electrons. The first-order valence-electron chi connectivity index (χ1n) is 10.9. The number of ether oxygens (including phenoxy) is 3. The van der Waals surface area contributed by atoms with Gasteiger partial charge in [0, 0.05) is 47.6 Å². The van der Waals surface area contributed by atoms with Gasteiger partial charge in [-0.25, -0.2) is 4.98 Å². The van der Waals surface area contributed by atoms with Crippen molar-refractivity contribution >= 4 is 16.9 Å². The Labute approximate surface area is 191 Å². The zero-order valence-corrected chi connectivity index (χ0v) is 18.6. The summed E-state index contributed by atoms with van der Waals surface area (Å²) in [6, 6.07) is 15.5. The highest BCUT2D eigenvalue weighted by Gasteiger charge is 2.20. The zero-order valence-electron chi connectivity index (χ0n) is 18.6. The molecule has 5 rings (SSSR count). The van der Waals surface area contributed by atoms with E-state index in [1.54, 1.807) is 14.2 Å². The normalized spacial score (nSPS) is 13.8. The number of carbonyl (C=O) groups is 1. The van der Waals surface area contributed by atoms with E-state index < -0.39 is 0 Å². The maximum atomic E-state index is 13.0. The Kier molecular flexibility index (Phi) is 5.71. The number of carbonyl (C=O) groups excluding carboxylic acids is 1. The van der Waals surface area contributed by atoms with E-state index in [1.165, 1.54) is 0 Å². The van der Waals surface area contributed by atoms with Crippen LogP contribution < -0.4 is 9.47 Å². The minimum absolute atomic E-state index is 0.0234. The first-order valence-corrected chi connectivity index (χ1v) is 10.9. The molecule has 0 saturated carbocycles. The third-order valence-electron chi connectivity index (χ3n) is 5.97. The van der Waals surface area contributed by atoms with Crippen LogP contribution in [0.2, 0.25) is 0 Å². The van der Waals surface area contributed by atoms with E-state index in [4.69, 9.17) is 14.2 Å². The highest BCUT2D eigenvalue weighted by Crippen LogP contribution is 2.42.